The van der Waals surface area contributed by atoms with Gasteiger partial charge in [0.15, 0.2) is 6.29 Å². The second-order valence-electron chi connectivity index (χ2n) is 5.37. The highest BCUT2D eigenvalue weighted by Gasteiger charge is 2.21. The molecule has 1 heterocycles. The summed E-state index contributed by atoms with van der Waals surface area (Å²) < 4.78 is 11.4. The summed E-state index contributed by atoms with van der Waals surface area (Å²) in [6.45, 7) is 7.82. The van der Waals surface area contributed by atoms with E-state index in [1.165, 1.54) is 0 Å². The zero-order valence-corrected chi connectivity index (χ0v) is 12.2. The second-order valence-corrected chi connectivity index (χ2v) is 5.37. The molecule has 1 aromatic carbocycles. The zero-order chi connectivity index (χ0) is 14.4. The Bertz CT molecular complexity index is 425. The van der Waals surface area contributed by atoms with Gasteiger partial charge >= 0.3 is 0 Å². The molecule has 1 aliphatic rings. The van der Waals surface area contributed by atoms with Crippen LogP contribution in [0.25, 0.3) is 0 Å². The number of nitrogens with zero attached hydrogens (tertiary/aromatic N) is 1. The lowest BCUT2D eigenvalue weighted by atomic mass is 10.2. The number of carbonyl (C=O) groups is 1. The molecule has 1 saturated heterocycles. The molecule has 4 nitrogen and oxygen atoms in total. The summed E-state index contributed by atoms with van der Waals surface area (Å²) >= 11 is 0. The minimum atomic E-state index is 0.301. The molecule has 2 rings (SSSR count). The highest BCUT2D eigenvalue weighted by molar-refractivity contribution is 5.79. The van der Waals surface area contributed by atoms with Crippen molar-refractivity contribution in [1.29, 1.82) is 0 Å². The van der Waals surface area contributed by atoms with Crippen LogP contribution in [-0.4, -0.2) is 49.6 Å². The number of para-hydroxylation sites is 1. The van der Waals surface area contributed by atoms with E-state index < -0.39 is 0 Å². The molecule has 0 radical (unpaired) electrons. The normalized spacial score (nSPS) is 23.5. The van der Waals surface area contributed by atoms with Gasteiger partial charge in [-0.1, -0.05) is 12.1 Å². The Morgan fingerprint density at radius 2 is 2.00 bits per heavy atom. The van der Waals surface area contributed by atoms with Gasteiger partial charge in [-0.25, -0.2) is 0 Å². The van der Waals surface area contributed by atoms with E-state index in [1.807, 2.05) is 18.2 Å². The molecule has 0 spiro atoms. The number of aldehydes is 1. The summed E-state index contributed by atoms with van der Waals surface area (Å²) in [4.78, 5) is 13.3. The van der Waals surface area contributed by atoms with E-state index in [0.29, 0.717) is 30.1 Å². The van der Waals surface area contributed by atoms with Crippen LogP contribution in [0.15, 0.2) is 24.3 Å². The maximum atomic E-state index is 10.9. The fourth-order valence-corrected chi connectivity index (χ4v) is 2.65. The summed E-state index contributed by atoms with van der Waals surface area (Å²) in [5.41, 5.74) is 0.612. The van der Waals surface area contributed by atoms with Crippen molar-refractivity contribution in [3.63, 3.8) is 0 Å². The topological polar surface area (TPSA) is 38.8 Å². The summed E-state index contributed by atoms with van der Waals surface area (Å²) in [7, 11) is 0. The van der Waals surface area contributed by atoms with Crippen molar-refractivity contribution >= 4 is 6.29 Å². The molecule has 1 aromatic rings. The lowest BCUT2D eigenvalue weighted by Gasteiger charge is -2.35. The molecule has 110 valence electrons. The second kappa shape index (κ2) is 7.41. The molecule has 1 fully saturated rings. The SMILES string of the molecule is CC1CN(CCCOc2ccccc2C=O)CC(C)O1. The van der Waals surface area contributed by atoms with E-state index in [2.05, 4.69) is 18.7 Å². The van der Waals surface area contributed by atoms with E-state index in [-0.39, 0.29) is 0 Å². The first-order valence-electron chi connectivity index (χ1n) is 7.24. The van der Waals surface area contributed by atoms with Crippen molar-refractivity contribution in [3.8, 4) is 5.75 Å². The van der Waals surface area contributed by atoms with Gasteiger partial charge in [0.25, 0.3) is 0 Å². The summed E-state index contributed by atoms with van der Waals surface area (Å²) in [6, 6.07) is 7.33. The van der Waals surface area contributed by atoms with Crippen molar-refractivity contribution in [2.75, 3.05) is 26.2 Å². The minimum Gasteiger partial charge on any atom is -0.493 e. The standard InChI is InChI=1S/C16H23NO3/c1-13-10-17(11-14(2)20-13)8-5-9-19-16-7-4-3-6-15(16)12-18/h3-4,6-7,12-14H,5,8-11H2,1-2H3. The Labute approximate surface area is 120 Å². The first kappa shape index (κ1) is 15.0. The van der Waals surface area contributed by atoms with Gasteiger partial charge in [0.2, 0.25) is 0 Å². The van der Waals surface area contributed by atoms with Gasteiger partial charge in [-0.2, -0.15) is 0 Å². The molecule has 0 N–H and O–H groups in total. The largest absolute Gasteiger partial charge is 0.493 e. The molecule has 0 amide bonds. The van der Waals surface area contributed by atoms with E-state index in [9.17, 15) is 4.79 Å². The summed E-state index contributed by atoms with van der Waals surface area (Å²) in [5.74, 6) is 0.672. The predicted molar refractivity (Wildman–Crippen MR) is 78.4 cm³/mol. The van der Waals surface area contributed by atoms with E-state index in [0.717, 1.165) is 32.3 Å². The van der Waals surface area contributed by atoms with Gasteiger partial charge in [-0.3, -0.25) is 9.69 Å². The van der Waals surface area contributed by atoms with Gasteiger partial charge < -0.3 is 9.47 Å². The lowest BCUT2D eigenvalue weighted by molar-refractivity contribution is -0.0686. The van der Waals surface area contributed by atoms with Gasteiger partial charge in [-0.15, -0.1) is 0 Å². The van der Waals surface area contributed by atoms with Gasteiger partial charge in [0.05, 0.1) is 24.4 Å². The lowest BCUT2D eigenvalue weighted by Crippen LogP contribution is -2.45. The number of ether oxygens (including phenoxy) is 2. The minimum absolute atomic E-state index is 0.301. The highest BCUT2D eigenvalue weighted by atomic mass is 16.5. The fraction of sp³-hybridized carbons (Fsp3) is 0.562. The highest BCUT2D eigenvalue weighted by Crippen LogP contribution is 2.16. The third-order valence-electron chi connectivity index (χ3n) is 3.42. The van der Waals surface area contributed by atoms with Crippen LogP contribution in [0, 0.1) is 0 Å². The molecular formula is C16H23NO3. The molecule has 0 aromatic heterocycles. The number of rotatable bonds is 6. The molecule has 20 heavy (non-hydrogen) atoms. The van der Waals surface area contributed by atoms with Crippen molar-refractivity contribution < 1.29 is 14.3 Å². The first-order valence-corrected chi connectivity index (χ1v) is 7.24. The molecule has 1 aliphatic heterocycles. The number of morpholine rings is 1. The number of hydrogen-bond acceptors (Lipinski definition) is 4. The van der Waals surface area contributed by atoms with Gasteiger partial charge in [-0.05, 0) is 32.4 Å². The smallest absolute Gasteiger partial charge is 0.153 e. The van der Waals surface area contributed by atoms with Crippen LogP contribution in [0.3, 0.4) is 0 Å². The summed E-state index contributed by atoms with van der Waals surface area (Å²) in [5, 5.41) is 0. The quantitative estimate of drug-likeness (QED) is 0.591. The van der Waals surface area contributed by atoms with Crippen LogP contribution in [0.4, 0.5) is 0 Å². The average Bonchev–Trinajstić information content (AvgIpc) is 2.43. The summed E-state index contributed by atoms with van der Waals surface area (Å²) in [6.07, 6.45) is 2.39. The zero-order valence-electron chi connectivity index (χ0n) is 12.2. The third-order valence-corrected chi connectivity index (χ3v) is 3.42. The van der Waals surface area contributed by atoms with Gasteiger partial charge in [0.1, 0.15) is 5.75 Å². The van der Waals surface area contributed by atoms with E-state index >= 15 is 0 Å². The molecular weight excluding hydrogens is 254 g/mol. The van der Waals surface area contributed by atoms with E-state index in [4.69, 9.17) is 9.47 Å². The van der Waals surface area contributed by atoms with Crippen LogP contribution < -0.4 is 4.74 Å². The molecule has 4 heteroatoms. The Morgan fingerprint density at radius 1 is 1.30 bits per heavy atom. The molecule has 0 aliphatic carbocycles. The predicted octanol–water partition coefficient (Wildman–Crippen LogP) is 2.38. The fourth-order valence-electron chi connectivity index (χ4n) is 2.65. The van der Waals surface area contributed by atoms with Crippen LogP contribution >= 0.6 is 0 Å². The molecule has 2 unspecified atom stereocenters. The average molecular weight is 277 g/mol. The Balaban J connectivity index is 1.72. The Morgan fingerprint density at radius 3 is 2.70 bits per heavy atom. The Kier molecular flexibility index (Phi) is 5.56. The maximum Gasteiger partial charge on any atom is 0.153 e. The third kappa shape index (κ3) is 4.32. The van der Waals surface area contributed by atoms with Crippen molar-refractivity contribution in [2.24, 2.45) is 0 Å². The van der Waals surface area contributed by atoms with Crippen LogP contribution in [-0.2, 0) is 4.74 Å². The van der Waals surface area contributed by atoms with E-state index in [1.54, 1.807) is 6.07 Å². The number of carbonyl (C=O) groups excluding carboxylic acids is 1. The van der Waals surface area contributed by atoms with Crippen LogP contribution in [0.1, 0.15) is 30.6 Å². The van der Waals surface area contributed by atoms with Crippen LogP contribution in [0.5, 0.6) is 5.75 Å². The van der Waals surface area contributed by atoms with Crippen molar-refractivity contribution in [3.05, 3.63) is 29.8 Å². The molecule has 2 atom stereocenters. The molecule has 0 saturated carbocycles. The van der Waals surface area contributed by atoms with Crippen LogP contribution in [0.2, 0.25) is 0 Å². The van der Waals surface area contributed by atoms with Crippen molar-refractivity contribution in [1.82, 2.24) is 4.90 Å². The number of benzene rings is 1. The number of hydrogen-bond donors (Lipinski definition) is 0. The molecule has 0 bridgehead atoms. The van der Waals surface area contributed by atoms with Crippen molar-refractivity contribution in [2.45, 2.75) is 32.5 Å². The first-order chi connectivity index (χ1) is 9.69. The Hall–Kier alpha value is -1.39. The maximum absolute atomic E-state index is 10.9. The van der Waals surface area contributed by atoms with Gasteiger partial charge in [0, 0.05) is 19.6 Å². The monoisotopic (exact) mass is 277 g/mol.